The highest BCUT2D eigenvalue weighted by atomic mass is 79.9. The molecule has 1 unspecified atom stereocenters. The van der Waals surface area contributed by atoms with Crippen LogP contribution in [0.15, 0.2) is 20.1 Å². The minimum Gasteiger partial charge on any atom is -0.481 e. The van der Waals surface area contributed by atoms with Gasteiger partial charge in [0.1, 0.15) is 10.3 Å². The summed E-state index contributed by atoms with van der Waals surface area (Å²) in [6, 6.07) is 1.80. The van der Waals surface area contributed by atoms with Gasteiger partial charge in [-0.25, -0.2) is 8.42 Å². The SMILES string of the molecule is O=C(O)CC1C(=O)NCCN1S(=O)(=O)c1ccc(Br)s1. The Morgan fingerprint density at radius 1 is 1.55 bits per heavy atom. The van der Waals surface area contributed by atoms with Crippen LogP contribution in [-0.2, 0) is 19.6 Å². The van der Waals surface area contributed by atoms with Crippen LogP contribution >= 0.6 is 27.3 Å². The van der Waals surface area contributed by atoms with Crippen LogP contribution in [-0.4, -0.2) is 48.8 Å². The van der Waals surface area contributed by atoms with Gasteiger partial charge in [-0.3, -0.25) is 9.59 Å². The minimum atomic E-state index is -3.87. The Kier molecular flexibility index (Phi) is 4.47. The molecule has 1 fully saturated rings. The summed E-state index contributed by atoms with van der Waals surface area (Å²) in [6.45, 7) is 0.224. The Morgan fingerprint density at radius 3 is 2.80 bits per heavy atom. The molecule has 110 valence electrons. The fourth-order valence-electron chi connectivity index (χ4n) is 1.89. The van der Waals surface area contributed by atoms with E-state index >= 15 is 0 Å². The van der Waals surface area contributed by atoms with E-state index in [0.717, 1.165) is 15.6 Å². The third-order valence-electron chi connectivity index (χ3n) is 2.76. The largest absolute Gasteiger partial charge is 0.481 e. The average molecular weight is 383 g/mol. The van der Waals surface area contributed by atoms with Crippen LogP contribution < -0.4 is 5.32 Å². The molecular formula is C10H11BrN2O5S2. The van der Waals surface area contributed by atoms with Crippen LogP contribution in [0.25, 0.3) is 0 Å². The van der Waals surface area contributed by atoms with Crippen molar-refractivity contribution in [3.8, 4) is 0 Å². The smallest absolute Gasteiger partial charge is 0.305 e. The zero-order valence-electron chi connectivity index (χ0n) is 10.1. The lowest BCUT2D eigenvalue weighted by atomic mass is 10.1. The molecule has 2 rings (SSSR count). The first-order valence-corrected chi connectivity index (χ1v) is 8.64. The van der Waals surface area contributed by atoms with Crippen LogP contribution in [0.4, 0.5) is 0 Å². The van der Waals surface area contributed by atoms with E-state index in [9.17, 15) is 18.0 Å². The highest BCUT2D eigenvalue weighted by Crippen LogP contribution is 2.30. The molecule has 1 aromatic heterocycles. The summed E-state index contributed by atoms with van der Waals surface area (Å²) in [4.78, 5) is 22.6. The number of rotatable bonds is 4. The molecule has 0 spiro atoms. The first-order chi connectivity index (χ1) is 9.32. The summed E-state index contributed by atoms with van der Waals surface area (Å²) in [6.07, 6.45) is -0.558. The molecular weight excluding hydrogens is 372 g/mol. The molecule has 10 heteroatoms. The van der Waals surface area contributed by atoms with Crippen molar-refractivity contribution >= 4 is 49.2 Å². The number of hydrogen-bond acceptors (Lipinski definition) is 5. The molecule has 1 saturated heterocycles. The number of nitrogens with one attached hydrogen (secondary N) is 1. The topological polar surface area (TPSA) is 104 Å². The Balaban J connectivity index is 2.36. The predicted molar refractivity (Wildman–Crippen MR) is 75.0 cm³/mol. The molecule has 1 amide bonds. The number of halogens is 1. The molecule has 1 atom stereocenters. The molecule has 7 nitrogen and oxygen atoms in total. The zero-order valence-corrected chi connectivity index (χ0v) is 13.3. The van der Waals surface area contributed by atoms with Crippen LogP contribution in [0.3, 0.4) is 0 Å². The number of hydrogen-bond donors (Lipinski definition) is 2. The van der Waals surface area contributed by atoms with Gasteiger partial charge in [-0.15, -0.1) is 11.3 Å². The van der Waals surface area contributed by atoms with Gasteiger partial charge < -0.3 is 10.4 Å². The number of carbonyl (C=O) groups excluding carboxylic acids is 1. The summed E-state index contributed by atoms with van der Waals surface area (Å²) in [5.74, 6) is -1.81. The molecule has 0 radical (unpaired) electrons. The van der Waals surface area contributed by atoms with E-state index in [1.165, 1.54) is 6.07 Å². The molecule has 20 heavy (non-hydrogen) atoms. The van der Waals surface area contributed by atoms with Gasteiger partial charge in [-0.05, 0) is 28.1 Å². The van der Waals surface area contributed by atoms with E-state index in [0.29, 0.717) is 3.79 Å². The standard InChI is InChI=1S/C10H11BrN2O5S2/c11-7-1-2-9(19-7)20(17,18)13-4-3-12-10(16)6(13)5-8(14)15/h1-2,6H,3-5H2,(H,12,16)(H,14,15). The summed E-state index contributed by atoms with van der Waals surface area (Å²) in [7, 11) is -3.87. The normalized spacial score (nSPS) is 20.6. The number of carboxylic acid groups (broad SMARTS) is 1. The van der Waals surface area contributed by atoms with E-state index in [4.69, 9.17) is 5.11 Å². The number of aliphatic carboxylic acids is 1. The van der Waals surface area contributed by atoms with Gasteiger partial charge >= 0.3 is 5.97 Å². The van der Waals surface area contributed by atoms with E-state index in [2.05, 4.69) is 21.2 Å². The van der Waals surface area contributed by atoms with Crippen molar-refractivity contribution in [2.75, 3.05) is 13.1 Å². The summed E-state index contributed by atoms with van der Waals surface area (Å²) >= 11 is 4.20. The Hall–Kier alpha value is -0.970. The lowest BCUT2D eigenvalue weighted by molar-refractivity contribution is -0.141. The number of piperazine rings is 1. The van der Waals surface area contributed by atoms with E-state index in [1.54, 1.807) is 6.07 Å². The summed E-state index contributed by atoms with van der Waals surface area (Å²) in [5.41, 5.74) is 0. The molecule has 2 heterocycles. The van der Waals surface area contributed by atoms with Crippen molar-refractivity contribution in [1.82, 2.24) is 9.62 Å². The third kappa shape index (κ3) is 3.03. The minimum absolute atomic E-state index is 0.0571. The zero-order chi connectivity index (χ0) is 14.9. The first-order valence-electron chi connectivity index (χ1n) is 5.59. The van der Waals surface area contributed by atoms with Gasteiger partial charge in [0.15, 0.2) is 0 Å². The number of amides is 1. The van der Waals surface area contributed by atoms with Crippen LogP contribution in [0, 0.1) is 0 Å². The number of sulfonamides is 1. The van der Waals surface area contributed by atoms with Crippen molar-refractivity contribution < 1.29 is 23.1 Å². The third-order valence-corrected chi connectivity index (χ3v) is 6.76. The van der Waals surface area contributed by atoms with Crippen molar-refractivity contribution in [1.29, 1.82) is 0 Å². The Morgan fingerprint density at radius 2 is 2.25 bits per heavy atom. The van der Waals surface area contributed by atoms with Crippen LogP contribution in [0.5, 0.6) is 0 Å². The first kappa shape index (κ1) is 15.4. The van der Waals surface area contributed by atoms with Crippen LogP contribution in [0.1, 0.15) is 6.42 Å². The monoisotopic (exact) mass is 382 g/mol. The molecule has 0 aliphatic carbocycles. The van der Waals surface area contributed by atoms with E-state index in [-0.39, 0.29) is 17.3 Å². The lowest BCUT2D eigenvalue weighted by Gasteiger charge is -2.32. The highest BCUT2D eigenvalue weighted by Gasteiger charge is 2.40. The number of carbonyl (C=O) groups is 2. The molecule has 2 N–H and O–H groups in total. The van der Waals surface area contributed by atoms with Crippen molar-refractivity contribution in [2.45, 2.75) is 16.7 Å². The average Bonchev–Trinajstić information content (AvgIpc) is 2.78. The second-order valence-corrected chi connectivity index (χ2v) is 8.66. The van der Waals surface area contributed by atoms with Gasteiger partial charge in [0.05, 0.1) is 10.2 Å². The fraction of sp³-hybridized carbons (Fsp3) is 0.400. The second kappa shape index (κ2) is 5.80. The van der Waals surface area contributed by atoms with Gasteiger partial charge in [-0.1, -0.05) is 0 Å². The number of thiophene rings is 1. The quantitative estimate of drug-likeness (QED) is 0.787. The molecule has 0 bridgehead atoms. The van der Waals surface area contributed by atoms with Crippen LogP contribution in [0.2, 0.25) is 0 Å². The highest BCUT2D eigenvalue weighted by molar-refractivity contribution is 9.11. The van der Waals surface area contributed by atoms with Gasteiger partial charge in [-0.2, -0.15) is 4.31 Å². The van der Waals surface area contributed by atoms with Gasteiger partial charge in [0, 0.05) is 13.1 Å². The maximum atomic E-state index is 12.5. The summed E-state index contributed by atoms with van der Waals surface area (Å²) in [5, 5.41) is 11.3. The molecule has 1 aromatic rings. The summed E-state index contributed by atoms with van der Waals surface area (Å²) < 4.78 is 26.6. The van der Waals surface area contributed by atoms with Gasteiger partial charge in [0.2, 0.25) is 5.91 Å². The van der Waals surface area contributed by atoms with Crippen molar-refractivity contribution in [3.05, 3.63) is 15.9 Å². The molecule has 0 saturated carbocycles. The van der Waals surface area contributed by atoms with Crippen molar-refractivity contribution in [2.24, 2.45) is 0 Å². The predicted octanol–water partition coefficient (Wildman–Crippen LogP) is 0.474. The maximum absolute atomic E-state index is 12.5. The van der Waals surface area contributed by atoms with E-state index < -0.39 is 34.4 Å². The van der Waals surface area contributed by atoms with Crippen molar-refractivity contribution in [3.63, 3.8) is 0 Å². The van der Waals surface area contributed by atoms with E-state index in [1.807, 2.05) is 0 Å². The lowest BCUT2D eigenvalue weighted by Crippen LogP contribution is -2.57. The molecule has 1 aliphatic heterocycles. The maximum Gasteiger partial charge on any atom is 0.305 e. The Bertz CT molecular complexity index is 642. The Labute approximate surface area is 127 Å². The number of carboxylic acids is 1. The second-order valence-electron chi connectivity index (χ2n) is 4.08. The molecule has 1 aliphatic rings. The fourth-order valence-corrected chi connectivity index (χ4v) is 5.62. The van der Waals surface area contributed by atoms with Gasteiger partial charge in [0.25, 0.3) is 10.0 Å². The molecule has 0 aromatic carbocycles. The number of nitrogens with zero attached hydrogens (tertiary/aromatic N) is 1.